The van der Waals surface area contributed by atoms with Crippen LogP contribution in [0.25, 0.3) is 0 Å². The number of fused-ring (bicyclic) bond motifs is 1. The standard InChI is InChI=1S/C18H17Cl2NO5S/c1-11(27(23,24)10-12-2-4-14(19)15(20)8-12)18(22)21-13-3-5-16-17(9-13)26-7-6-25-16/h2-5,8-9,11H,6-7,10H2,1H3,(H,21,22). The molecular weight excluding hydrogens is 413 g/mol. The van der Waals surface area contributed by atoms with Crippen LogP contribution in [-0.4, -0.2) is 32.8 Å². The lowest BCUT2D eigenvalue weighted by Crippen LogP contribution is -2.33. The van der Waals surface area contributed by atoms with E-state index in [4.69, 9.17) is 32.7 Å². The number of hydrogen-bond acceptors (Lipinski definition) is 5. The normalized spacial score (nSPS) is 14.5. The summed E-state index contributed by atoms with van der Waals surface area (Å²) >= 11 is 11.8. The Labute approximate surface area is 167 Å². The molecule has 1 aliphatic rings. The average molecular weight is 430 g/mol. The molecule has 0 aromatic heterocycles. The summed E-state index contributed by atoms with van der Waals surface area (Å²) in [6.07, 6.45) is 0. The molecule has 144 valence electrons. The van der Waals surface area contributed by atoms with Gasteiger partial charge in [-0.05, 0) is 36.8 Å². The minimum absolute atomic E-state index is 0.262. The van der Waals surface area contributed by atoms with Crippen LogP contribution in [0, 0.1) is 0 Å². The predicted molar refractivity (Wildman–Crippen MR) is 105 cm³/mol. The summed E-state index contributed by atoms with van der Waals surface area (Å²) in [4.78, 5) is 12.4. The number of sulfone groups is 1. The van der Waals surface area contributed by atoms with Crippen LogP contribution < -0.4 is 14.8 Å². The first-order valence-corrected chi connectivity index (χ1v) is 10.6. The Kier molecular flexibility index (Phi) is 5.83. The number of halogens is 2. The van der Waals surface area contributed by atoms with Crippen molar-refractivity contribution in [3.63, 3.8) is 0 Å². The maximum absolute atomic E-state index is 12.6. The van der Waals surface area contributed by atoms with Crippen molar-refractivity contribution in [1.82, 2.24) is 0 Å². The smallest absolute Gasteiger partial charge is 0.242 e. The SMILES string of the molecule is CC(C(=O)Nc1ccc2c(c1)OCCO2)S(=O)(=O)Cc1ccc(Cl)c(Cl)c1. The van der Waals surface area contributed by atoms with E-state index in [1.807, 2.05) is 0 Å². The molecule has 0 saturated carbocycles. The summed E-state index contributed by atoms with van der Waals surface area (Å²) in [5.74, 6) is 0.135. The zero-order valence-corrected chi connectivity index (χ0v) is 16.7. The fourth-order valence-corrected chi connectivity index (χ4v) is 4.11. The number of nitrogens with one attached hydrogen (secondary N) is 1. The van der Waals surface area contributed by atoms with Crippen LogP contribution in [0.1, 0.15) is 12.5 Å². The molecule has 27 heavy (non-hydrogen) atoms. The van der Waals surface area contributed by atoms with Gasteiger partial charge in [0.15, 0.2) is 21.3 Å². The lowest BCUT2D eigenvalue weighted by Gasteiger charge is -2.19. The quantitative estimate of drug-likeness (QED) is 0.782. The molecule has 0 fully saturated rings. The van der Waals surface area contributed by atoms with Gasteiger partial charge in [-0.2, -0.15) is 0 Å². The summed E-state index contributed by atoms with van der Waals surface area (Å²) in [7, 11) is -3.75. The van der Waals surface area contributed by atoms with Crippen molar-refractivity contribution < 1.29 is 22.7 Å². The zero-order valence-electron chi connectivity index (χ0n) is 14.4. The molecule has 1 atom stereocenters. The molecule has 2 aromatic carbocycles. The van der Waals surface area contributed by atoms with Gasteiger partial charge in [0.1, 0.15) is 18.5 Å². The largest absolute Gasteiger partial charge is 0.486 e. The third kappa shape index (κ3) is 4.66. The maximum Gasteiger partial charge on any atom is 0.242 e. The number of benzene rings is 2. The highest BCUT2D eigenvalue weighted by Crippen LogP contribution is 2.32. The molecular formula is C18H17Cl2NO5S. The van der Waals surface area contributed by atoms with E-state index in [1.165, 1.54) is 19.1 Å². The fourth-order valence-electron chi connectivity index (χ4n) is 2.51. The van der Waals surface area contributed by atoms with Crippen LogP contribution in [0.5, 0.6) is 11.5 Å². The van der Waals surface area contributed by atoms with Crippen molar-refractivity contribution in [1.29, 1.82) is 0 Å². The van der Waals surface area contributed by atoms with Crippen LogP contribution in [0.4, 0.5) is 5.69 Å². The van der Waals surface area contributed by atoms with Gasteiger partial charge in [-0.3, -0.25) is 4.79 Å². The van der Waals surface area contributed by atoms with Crippen molar-refractivity contribution in [2.24, 2.45) is 0 Å². The number of carbonyl (C=O) groups excluding carboxylic acids is 1. The van der Waals surface area contributed by atoms with E-state index >= 15 is 0 Å². The van der Waals surface area contributed by atoms with Crippen LogP contribution in [0.15, 0.2) is 36.4 Å². The van der Waals surface area contributed by atoms with E-state index in [1.54, 1.807) is 24.3 Å². The second-order valence-electron chi connectivity index (χ2n) is 6.05. The molecule has 0 radical (unpaired) electrons. The molecule has 3 rings (SSSR count). The Balaban J connectivity index is 1.71. The highest BCUT2D eigenvalue weighted by Gasteiger charge is 2.28. The van der Waals surface area contributed by atoms with Gasteiger partial charge < -0.3 is 14.8 Å². The number of hydrogen-bond donors (Lipinski definition) is 1. The van der Waals surface area contributed by atoms with E-state index in [0.29, 0.717) is 41.0 Å². The number of amides is 1. The van der Waals surface area contributed by atoms with Gasteiger partial charge in [0.05, 0.1) is 15.8 Å². The molecule has 6 nitrogen and oxygen atoms in total. The van der Waals surface area contributed by atoms with E-state index in [0.717, 1.165) is 0 Å². The number of anilines is 1. The van der Waals surface area contributed by atoms with Crippen molar-refractivity contribution in [3.8, 4) is 11.5 Å². The first-order valence-electron chi connectivity index (χ1n) is 8.12. The Morgan fingerprint density at radius 2 is 1.78 bits per heavy atom. The van der Waals surface area contributed by atoms with Gasteiger partial charge in [0.25, 0.3) is 0 Å². The molecule has 1 aliphatic heterocycles. The lowest BCUT2D eigenvalue weighted by atomic mass is 10.2. The Hall–Kier alpha value is -1.96. The monoisotopic (exact) mass is 429 g/mol. The molecule has 0 aliphatic carbocycles. The molecule has 1 heterocycles. The molecule has 0 bridgehead atoms. The van der Waals surface area contributed by atoms with E-state index < -0.39 is 21.0 Å². The minimum atomic E-state index is -3.75. The van der Waals surface area contributed by atoms with Crippen molar-refractivity contribution in [2.45, 2.75) is 17.9 Å². The molecule has 1 amide bonds. The molecule has 0 saturated heterocycles. The summed E-state index contributed by atoms with van der Waals surface area (Å²) < 4.78 is 36.0. The molecule has 1 unspecified atom stereocenters. The van der Waals surface area contributed by atoms with Gasteiger partial charge in [-0.1, -0.05) is 29.3 Å². The third-order valence-corrected chi connectivity index (χ3v) is 6.84. The van der Waals surface area contributed by atoms with Gasteiger partial charge in [-0.15, -0.1) is 0 Å². The number of rotatable bonds is 5. The highest BCUT2D eigenvalue weighted by atomic mass is 35.5. The second kappa shape index (κ2) is 7.96. The molecule has 0 spiro atoms. The second-order valence-corrected chi connectivity index (χ2v) is 9.18. The van der Waals surface area contributed by atoms with E-state index in [9.17, 15) is 13.2 Å². The van der Waals surface area contributed by atoms with Crippen LogP contribution >= 0.6 is 23.2 Å². The Morgan fingerprint density at radius 1 is 1.07 bits per heavy atom. The fraction of sp³-hybridized carbons (Fsp3) is 0.278. The molecule has 1 N–H and O–H groups in total. The Morgan fingerprint density at radius 3 is 2.48 bits per heavy atom. The van der Waals surface area contributed by atoms with Crippen LogP contribution in [0.3, 0.4) is 0 Å². The van der Waals surface area contributed by atoms with Gasteiger partial charge >= 0.3 is 0 Å². The van der Waals surface area contributed by atoms with Crippen molar-refractivity contribution in [2.75, 3.05) is 18.5 Å². The first kappa shape index (κ1) is 19.8. The number of carbonyl (C=O) groups is 1. The summed E-state index contributed by atoms with van der Waals surface area (Å²) in [6, 6.07) is 9.46. The Bertz CT molecular complexity index is 978. The van der Waals surface area contributed by atoms with Gasteiger partial charge in [0.2, 0.25) is 5.91 Å². The van der Waals surface area contributed by atoms with E-state index in [2.05, 4.69) is 5.32 Å². The average Bonchev–Trinajstić information content (AvgIpc) is 2.63. The van der Waals surface area contributed by atoms with Crippen LogP contribution in [0.2, 0.25) is 10.0 Å². The topological polar surface area (TPSA) is 81.7 Å². The van der Waals surface area contributed by atoms with Gasteiger partial charge in [-0.25, -0.2) is 8.42 Å². The first-order chi connectivity index (χ1) is 12.8. The van der Waals surface area contributed by atoms with Gasteiger partial charge in [0, 0.05) is 11.8 Å². The lowest BCUT2D eigenvalue weighted by molar-refractivity contribution is -0.115. The molecule has 9 heteroatoms. The maximum atomic E-state index is 12.6. The highest BCUT2D eigenvalue weighted by molar-refractivity contribution is 7.92. The van der Waals surface area contributed by atoms with Crippen molar-refractivity contribution >= 4 is 44.6 Å². The molecule has 2 aromatic rings. The predicted octanol–water partition coefficient (Wildman–Crippen LogP) is 3.71. The minimum Gasteiger partial charge on any atom is -0.486 e. The van der Waals surface area contributed by atoms with E-state index in [-0.39, 0.29) is 10.8 Å². The zero-order chi connectivity index (χ0) is 19.6. The summed E-state index contributed by atoms with van der Waals surface area (Å²) in [6.45, 7) is 2.22. The van der Waals surface area contributed by atoms with Crippen molar-refractivity contribution in [3.05, 3.63) is 52.0 Å². The summed E-state index contributed by atoms with van der Waals surface area (Å²) in [5.41, 5.74) is 0.893. The van der Waals surface area contributed by atoms with Crippen LogP contribution in [-0.2, 0) is 20.4 Å². The third-order valence-electron chi connectivity index (χ3n) is 4.07. The number of ether oxygens (including phenoxy) is 2. The summed E-state index contributed by atoms with van der Waals surface area (Å²) in [5, 5.41) is 1.95.